The Balaban J connectivity index is 1.60. The molecule has 24 heavy (non-hydrogen) atoms. The van der Waals surface area contributed by atoms with E-state index in [2.05, 4.69) is 10.2 Å². The summed E-state index contributed by atoms with van der Waals surface area (Å²) in [6.07, 6.45) is 0. The van der Waals surface area contributed by atoms with Gasteiger partial charge in [0.2, 0.25) is 0 Å². The van der Waals surface area contributed by atoms with E-state index in [1.807, 2.05) is 24.3 Å². The first-order chi connectivity index (χ1) is 11.5. The van der Waals surface area contributed by atoms with Crippen LogP contribution >= 0.6 is 11.6 Å². The van der Waals surface area contributed by atoms with Crippen LogP contribution in [0.4, 0.5) is 25.0 Å². The molecule has 126 valence electrons. The number of para-hydroxylation sites is 1. The molecule has 7 heteroatoms. The lowest BCUT2D eigenvalue weighted by atomic mass is 10.2. The fraction of sp³-hybridized carbons (Fsp3) is 0.235. The monoisotopic (exact) mass is 351 g/mol. The van der Waals surface area contributed by atoms with Gasteiger partial charge in [-0.25, -0.2) is 13.6 Å². The summed E-state index contributed by atoms with van der Waals surface area (Å²) in [7, 11) is 0. The third kappa shape index (κ3) is 3.59. The molecule has 1 N–H and O–H groups in total. The first-order valence-corrected chi connectivity index (χ1v) is 7.93. The third-order valence-corrected chi connectivity index (χ3v) is 4.21. The standard InChI is InChI=1S/C17H16ClF2N3O/c18-12-4-6-13(7-5-12)22-8-10-23(11-9-22)17(24)21-16-14(19)2-1-3-15(16)20/h1-7H,8-11H2,(H,21,24). The van der Waals surface area contributed by atoms with Gasteiger partial charge in [0.15, 0.2) is 0 Å². The Morgan fingerprint density at radius 2 is 1.54 bits per heavy atom. The zero-order chi connectivity index (χ0) is 17.1. The van der Waals surface area contributed by atoms with Crippen LogP contribution in [-0.4, -0.2) is 37.1 Å². The molecule has 2 aromatic rings. The van der Waals surface area contributed by atoms with Crippen molar-refractivity contribution in [3.05, 3.63) is 59.1 Å². The summed E-state index contributed by atoms with van der Waals surface area (Å²) in [5.41, 5.74) is 0.613. The molecule has 0 spiro atoms. The number of carbonyl (C=O) groups is 1. The van der Waals surface area contributed by atoms with E-state index < -0.39 is 23.4 Å². The third-order valence-electron chi connectivity index (χ3n) is 3.95. The van der Waals surface area contributed by atoms with Crippen molar-refractivity contribution in [2.24, 2.45) is 0 Å². The highest BCUT2D eigenvalue weighted by molar-refractivity contribution is 6.30. The van der Waals surface area contributed by atoms with Crippen LogP contribution in [-0.2, 0) is 0 Å². The number of amides is 2. The van der Waals surface area contributed by atoms with Crippen LogP contribution in [0.5, 0.6) is 0 Å². The minimum atomic E-state index is -0.789. The minimum Gasteiger partial charge on any atom is -0.368 e. The van der Waals surface area contributed by atoms with Crippen molar-refractivity contribution in [1.82, 2.24) is 4.90 Å². The number of carbonyl (C=O) groups excluding carboxylic acids is 1. The van der Waals surface area contributed by atoms with Crippen LogP contribution in [0.3, 0.4) is 0 Å². The summed E-state index contributed by atoms with van der Waals surface area (Å²) in [6, 6.07) is 10.4. The number of urea groups is 1. The number of rotatable bonds is 2. The molecule has 1 aliphatic rings. The van der Waals surface area contributed by atoms with Gasteiger partial charge in [-0.2, -0.15) is 0 Å². The Labute approximate surface area is 143 Å². The lowest BCUT2D eigenvalue weighted by Crippen LogP contribution is -2.50. The van der Waals surface area contributed by atoms with Gasteiger partial charge in [0.1, 0.15) is 17.3 Å². The van der Waals surface area contributed by atoms with E-state index in [1.165, 1.54) is 11.0 Å². The Morgan fingerprint density at radius 3 is 2.12 bits per heavy atom. The number of hydrogen-bond acceptors (Lipinski definition) is 2. The van der Waals surface area contributed by atoms with Crippen molar-refractivity contribution in [3.63, 3.8) is 0 Å². The largest absolute Gasteiger partial charge is 0.368 e. The summed E-state index contributed by atoms with van der Waals surface area (Å²) in [6.45, 7) is 2.19. The number of benzene rings is 2. The first-order valence-electron chi connectivity index (χ1n) is 7.55. The van der Waals surface area contributed by atoms with Crippen LogP contribution in [0.1, 0.15) is 0 Å². The topological polar surface area (TPSA) is 35.6 Å². The van der Waals surface area contributed by atoms with Crippen molar-refractivity contribution >= 4 is 29.0 Å². The van der Waals surface area contributed by atoms with Crippen LogP contribution < -0.4 is 10.2 Å². The fourth-order valence-electron chi connectivity index (χ4n) is 2.62. The molecule has 3 rings (SSSR count). The molecule has 2 amide bonds. The van der Waals surface area contributed by atoms with E-state index in [0.29, 0.717) is 31.2 Å². The molecular formula is C17H16ClF2N3O. The van der Waals surface area contributed by atoms with E-state index in [1.54, 1.807) is 0 Å². The molecular weight excluding hydrogens is 336 g/mol. The number of anilines is 2. The van der Waals surface area contributed by atoms with Gasteiger partial charge < -0.3 is 15.1 Å². The summed E-state index contributed by atoms with van der Waals surface area (Å²) >= 11 is 5.88. The Morgan fingerprint density at radius 1 is 0.958 bits per heavy atom. The van der Waals surface area contributed by atoms with Crippen LogP contribution in [0.2, 0.25) is 5.02 Å². The zero-order valence-corrected chi connectivity index (χ0v) is 13.6. The van der Waals surface area contributed by atoms with Crippen LogP contribution in [0.15, 0.2) is 42.5 Å². The molecule has 0 saturated carbocycles. The molecule has 0 atom stereocenters. The van der Waals surface area contributed by atoms with Gasteiger partial charge in [0.05, 0.1) is 0 Å². The van der Waals surface area contributed by atoms with Gasteiger partial charge in [-0.15, -0.1) is 0 Å². The van der Waals surface area contributed by atoms with E-state index in [-0.39, 0.29) is 0 Å². The lowest BCUT2D eigenvalue weighted by molar-refractivity contribution is 0.208. The second kappa shape index (κ2) is 7.05. The molecule has 1 saturated heterocycles. The Bertz CT molecular complexity index is 711. The summed E-state index contributed by atoms with van der Waals surface area (Å²) in [5.74, 6) is -1.58. The van der Waals surface area contributed by atoms with Gasteiger partial charge >= 0.3 is 6.03 Å². The second-order valence-electron chi connectivity index (χ2n) is 5.48. The Kier molecular flexibility index (Phi) is 4.85. The second-order valence-corrected chi connectivity index (χ2v) is 5.91. The molecule has 1 heterocycles. The minimum absolute atomic E-state index is 0.414. The number of halogens is 3. The number of piperazine rings is 1. The SMILES string of the molecule is O=C(Nc1c(F)cccc1F)N1CCN(c2ccc(Cl)cc2)CC1. The van der Waals surface area contributed by atoms with E-state index >= 15 is 0 Å². The average Bonchev–Trinajstić information content (AvgIpc) is 2.59. The highest BCUT2D eigenvalue weighted by Gasteiger charge is 2.23. The zero-order valence-electron chi connectivity index (χ0n) is 12.8. The molecule has 0 aliphatic carbocycles. The molecule has 1 aliphatic heterocycles. The molecule has 4 nitrogen and oxygen atoms in total. The summed E-state index contributed by atoms with van der Waals surface area (Å²) < 4.78 is 27.2. The quantitative estimate of drug-likeness (QED) is 0.888. The first kappa shape index (κ1) is 16.5. The van der Waals surface area contributed by atoms with Crippen molar-refractivity contribution in [1.29, 1.82) is 0 Å². The summed E-state index contributed by atoms with van der Waals surface area (Å²) in [5, 5.41) is 2.98. The van der Waals surface area contributed by atoms with E-state index in [4.69, 9.17) is 11.6 Å². The maximum Gasteiger partial charge on any atom is 0.322 e. The maximum absolute atomic E-state index is 13.6. The Hall–Kier alpha value is -2.34. The van der Waals surface area contributed by atoms with Crippen molar-refractivity contribution in [2.75, 3.05) is 36.4 Å². The molecule has 0 radical (unpaired) electrons. The number of hydrogen-bond donors (Lipinski definition) is 1. The van der Waals surface area contributed by atoms with Crippen LogP contribution in [0, 0.1) is 11.6 Å². The van der Waals surface area contributed by atoms with Gasteiger partial charge in [-0.05, 0) is 36.4 Å². The van der Waals surface area contributed by atoms with Crippen molar-refractivity contribution in [3.8, 4) is 0 Å². The predicted molar refractivity (Wildman–Crippen MR) is 90.6 cm³/mol. The number of nitrogens with one attached hydrogen (secondary N) is 1. The lowest BCUT2D eigenvalue weighted by Gasteiger charge is -2.36. The molecule has 0 bridgehead atoms. The highest BCUT2D eigenvalue weighted by Crippen LogP contribution is 2.21. The normalized spacial score (nSPS) is 14.6. The van der Waals surface area contributed by atoms with Crippen molar-refractivity contribution in [2.45, 2.75) is 0 Å². The van der Waals surface area contributed by atoms with Gasteiger partial charge in [0, 0.05) is 36.9 Å². The molecule has 2 aromatic carbocycles. The van der Waals surface area contributed by atoms with Gasteiger partial charge in [0.25, 0.3) is 0 Å². The maximum atomic E-state index is 13.6. The smallest absolute Gasteiger partial charge is 0.322 e. The molecule has 0 unspecified atom stereocenters. The highest BCUT2D eigenvalue weighted by atomic mass is 35.5. The summed E-state index contributed by atoms with van der Waals surface area (Å²) in [4.78, 5) is 15.9. The van der Waals surface area contributed by atoms with Crippen LogP contribution in [0.25, 0.3) is 0 Å². The molecule has 1 fully saturated rings. The van der Waals surface area contributed by atoms with Gasteiger partial charge in [-0.3, -0.25) is 0 Å². The predicted octanol–water partition coefficient (Wildman–Crippen LogP) is 3.97. The average molecular weight is 352 g/mol. The number of nitrogens with zero attached hydrogens (tertiary/aromatic N) is 2. The van der Waals surface area contributed by atoms with Gasteiger partial charge in [-0.1, -0.05) is 17.7 Å². The van der Waals surface area contributed by atoms with E-state index in [0.717, 1.165) is 17.8 Å². The van der Waals surface area contributed by atoms with Crippen molar-refractivity contribution < 1.29 is 13.6 Å². The fourth-order valence-corrected chi connectivity index (χ4v) is 2.75. The molecule has 0 aromatic heterocycles. The van der Waals surface area contributed by atoms with E-state index in [9.17, 15) is 13.6 Å².